The largest absolute Gasteiger partial charge is 0.146 e. The molecule has 0 aliphatic rings. The van der Waals surface area contributed by atoms with Crippen LogP contribution in [-0.2, 0) is 0 Å². The Morgan fingerprint density at radius 1 is 1.21 bits per heavy atom. The molecule has 2 rings (SSSR count). The predicted molar refractivity (Wildman–Crippen MR) is 74.8 cm³/mol. The highest BCUT2D eigenvalue weighted by Gasteiger charge is 2.15. The topological polar surface area (TPSA) is 0 Å². The molecule has 0 aromatic carbocycles. The second-order valence-corrected chi connectivity index (χ2v) is 7.69. The summed E-state index contributed by atoms with van der Waals surface area (Å²) in [6.45, 7) is 0. The molecule has 0 aliphatic carbocycles. The first-order valence-electron chi connectivity index (χ1n) is 3.79. The molecule has 14 heavy (non-hydrogen) atoms. The molecule has 0 nitrogen and oxygen atoms in total. The van der Waals surface area contributed by atoms with Crippen molar-refractivity contribution >= 4 is 70.5 Å². The summed E-state index contributed by atoms with van der Waals surface area (Å²) in [5.41, 5.74) is 1.30. The van der Waals surface area contributed by atoms with E-state index in [9.17, 15) is 0 Å². The summed E-state index contributed by atoms with van der Waals surface area (Å²) in [5.74, 6) is 0. The van der Waals surface area contributed by atoms with Crippen LogP contribution in [0.4, 0.5) is 0 Å². The molecule has 0 saturated heterocycles. The lowest BCUT2D eigenvalue weighted by Crippen LogP contribution is -1.86. The molecule has 2 aromatic heterocycles. The third kappa shape index (κ3) is 2.32. The van der Waals surface area contributed by atoms with Crippen LogP contribution in [-0.4, -0.2) is 0 Å². The van der Waals surface area contributed by atoms with E-state index in [1.54, 1.807) is 22.7 Å². The van der Waals surface area contributed by atoms with Gasteiger partial charge in [0.15, 0.2) is 0 Å². The minimum Gasteiger partial charge on any atom is -0.146 e. The molecule has 0 radical (unpaired) electrons. The molecule has 2 heterocycles. The lowest BCUT2D eigenvalue weighted by molar-refractivity contribution is 1.23. The minimum atomic E-state index is 0.291. The zero-order valence-corrected chi connectivity index (χ0v) is 13.2. The maximum absolute atomic E-state index is 3.70. The van der Waals surface area contributed by atoms with Crippen molar-refractivity contribution in [1.29, 1.82) is 0 Å². The summed E-state index contributed by atoms with van der Waals surface area (Å²) in [4.78, 5) is 1.61. The van der Waals surface area contributed by atoms with Crippen LogP contribution >= 0.6 is 70.5 Å². The van der Waals surface area contributed by atoms with Crippen molar-refractivity contribution in [2.45, 2.75) is 4.83 Å². The molecule has 1 atom stereocenters. The minimum absolute atomic E-state index is 0.291. The zero-order chi connectivity index (χ0) is 10.1. The third-order valence-electron chi connectivity index (χ3n) is 1.76. The Morgan fingerprint density at radius 2 is 2.00 bits per heavy atom. The Balaban J connectivity index is 2.33. The van der Waals surface area contributed by atoms with Gasteiger partial charge in [-0.25, -0.2) is 0 Å². The Morgan fingerprint density at radius 3 is 2.50 bits per heavy atom. The van der Waals surface area contributed by atoms with Crippen molar-refractivity contribution < 1.29 is 0 Å². The zero-order valence-electron chi connectivity index (χ0n) is 6.84. The molecule has 0 aliphatic heterocycles. The van der Waals surface area contributed by atoms with E-state index in [1.165, 1.54) is 18.7 Å². The molecule has 0 N–H and O–H groups in total. The lowest BCUT2D eigenvalue weighted by atomic mass is 10.2. The monoisotopic (exact) mass is 414 g/mol. The molecule has 0 spiro atoms. The first kappa shape index (κ1) is 11.3. The van der Waals surface area contributed by atoms with Gasteiger partial charge in [0, 0.05) is 9.35 Å². The van der Waals surface area contributed by atoms with Gasteiger partial charge in [0.25, 0.3) is 0 Å². The number of hydrogen-bond donors (Lipinski definition) is 0. The maximum atomic E-state index is 3.70. The quantitative estimate of drug-likeness (QED) is 0.541. The molecule has 2 aromatic rings. The van der Waals surface area contributed by atoms with Crippen molar-refractivity contribution in [3.63, 3.8) is 0 Å². The maximum Gasteiger partial charge on any atom is 0.0757 e. The summed E-state index contributed by atoms with van der Waals surface area (Å²) in [6, 6.07) is 4.23. The number of rotatable bonds is 2. The summed E-state index contributed by atoms with van der Waals surface area (Å²) in [7, 11) is 0. The fourth-order valence-electron chi connectivity index (χ4n) is 1.09. The van der Waals surface area contributed by atoms with Gasteiger partial charge in [0.2, 0.25) is 0 Å². The van der Waals surface area contributed by atoms with E-state index >= 15 is 0 Å². The molecule has 74 valence electrons. The van der Waals surface area contributed by atoms with Gasteiger partial charge in [-0.3, -0.25) is 0 Å². The first-order valence-corrected chi connectivity index (χ1v) is 8.05. The average Bonchev–Trinajstić information content (AvgIpc) is 2.73. The van der Waals surface area contributed by atoms with Crippen LogP contribution in [0.5, 0.6) is 0 Å². The third-order valence-corrected chi connectivity index (χ3v) is 6.50. The van der Waals surface area contributed by atoms with E-state index in [1.807, 2.05) is 0 Å². The van der Waals surface area contributed by atoms with Crippen molar-refractivity contribution in [1.82, 2.24) is 0 Å². The average molecular weight is 417 g/mol. The second kappa shape index (κ2) is 4.78. The Bertz CT molecular complexity index is 433. The SMILES string of the molecule is Brc1cc(C(Br)c2sccc2Br)cs1. The Hall–Kier alpha value is 0.840. The summed E-state index contributed by atoms with van der Waals surface area (Å²) < 4.78 is 2.34. The van der Waals surface area contributed by atoms with Gasteiger partial charge in [0.05, 0.1) is 8.61 Å². The van der Waals surface area contributed by atoms with Crippen LogP contribution < -0.4 is 0 Å². The fourth-order valence-corrected chi connectivity index (χ4v) is 5.22. The highest BCUT2D eigenvalue weighted by molar-refractivity contribution is 9.11. The van der Waals surface area contributed by atoms with Crippen molar-refractivity contribution in [3.05, 3.63) is 41.6 Å². The van der Waals surface area contributed by atoms with E-state index in [0.717, 1.165) is 0 Å². The van der Waals surface area contributed by atoms with Crippen molar-refractivity contribution in [2.75, 3.05) is 0 Å². The van der Waals surface area contributed by atoms with E-state index in [0.29, 0.717) is 4.83 Å². The van der Waals surface area contributed by atoms with E-state index in [2.05, 4.69) is 70.7 Å². The smallest absolute Gasteiger partial charge is 0.0757 e. The molecule has 0 saturated carbocycles. The molecule has 0 fully saturated rings. The van der Waals surface area contributed by atoms with Gasteiger partial charge < -0.3 is 0 Å². The normalized spacial score (nSPS) is 13.1. The van der Waals surface area contributed by atoms with Crippen LogP contribution in [0.3, 0.4) is 0 Å². The number of thiophene rings is 2. The van der Waals surface area contributed by atoms with Gasteiger partial charge >= 0.3 is 0 Å². The van der Waals surface area contributed by atoms with Crippen LogP contribution in [0.2, 0.25) is 0 Å². The molecule has 5 heteroatoms. The highest BCUT2D eigenvalue weighted by Crippen LogP contribution is 2.40. The summed E-state index contributed by atoms with van der Waals surface area (Å²) >= 11 is 14.2. The fraction of sp³-hybridized carbons (Fsp3) is 0.111. The second-order valence-electron chi connectivity index (χ2n) is 2.68. The number of halogens is 3. The van der Waals surface area contributed by atoms with Gasteiger partial charge in [-0.15, -0.1) is 22.7 Å². The molecular formula is C9H5Br3S2. The molecular weight excluding hydrogens is 412 g/mol. The van der Waals surface area contributed by atoms with E-state index in [4.69, 9.17) is 0 Å². The van der Waals surface area contributed by atoms with Gasteiger partial charge in [-0.1, -0.05) is 15.9 Å². The molecule has 0 bridgehead atoms. The standard InChI is InChI=1S/C9H5Br3S2/c10-6-1-2-13-9(6)8(12)5-3-7(11)14-4-5/h1-4,8H. The van der Waals surface area contributed by atoms with E-state index < -0.39 is 0 Å². The summed E-state index contributed by atoms with van der Waals surface area (Å²) in [6.07, 6.45) is 0. The van der Waals surface area contributed by atoms with Crippen molar-refractivity contribution in [2.24, 2.45) is 0 Å². The Labute approximate surface area is 116 Å². The van der Waals surface area contributed by atoms with Gasteiger partial charge in [0.1, 0.15) is 0 Å². The number of hydrogen-bond acceptors (Lipinski definition) is 2. The van der Waals surface area contributed by atoms with Crippen LogP contribution in [0, 0.1) is 0 Å². The molecule has 1 unspecified atom stereocenters. The lowest BCUT2D eigenvalue weighted by Gasteiger charge is -2.05. The Kier molecular flexibility index (Phi) is 3.87. The van der Waals surface area contributed by atoms with Crippen LogP contribution in [0.1, 0.15) is 15.3 Å². The van der Waals surface area contributed by atoms with E-state index in [-0.39, 0.29) is 0 Å². The molecule has 0 amide bonds. The predicted octanol–water partition coefficient (Wildman–Crippen LogP) is 5.82. The highest BCUT2D eigenvalue weighted by atomic mass is 79.9. The van der Waals surface area contributed by atoms with Crippen molar-refractivity contribution in [3.8, 4) is 0 Å². The number of alkyl halides is 1. The van der Waals surface area contributed by atoms with Gasteiger partial charge in [-0.05, 0) is 60.3 Å². The first-order chi connectivity index (χ1) is 6.68. The van der Waals surface area contributed by atoms with Gasteiger partial charge in [-0.2, -0.15) is 0 Å². The summed E-state index contributed by atoms with van der Waals surface area (Å²) in [5, 5.41) is 4.25. The van der Waals surface area contributed by atoms with Crippen LogP contribution in [0.25, 0.3) is 0 Å². The van der Waals surface area contributed by atoms with Crippen LogP contribution in [0.15, 0.2) is 31.2 Å².